The molecule has 4 rings (SSSR count). The Morgan fingerprint density at radius 3 is 2.57 bits per heavy atom. The van der Waals surface area contributed by atoms with Gasteiger partial charge in [0, 0.05) is 35.7 Å². The van der Waals surface area contributed by atoms with Gasteiger partial charge in [0.15, 0.2) is 5.78 Å². The molecule has 1 heterocycles. The summed E-state index contributed by atoms with van der Waals surface area (Å²) in [6, 6.07) is 16.6. The Balaban J connectivity index is 1.63. The third kappa shape index (κ3) is 4.01. The fourth-order valence-corrected chi connectivity index (χ4v) is 4.24. The third-order valence-corrected chi connectivity index (χ3v) is 5.69. The standard InChI is InChI=1S/C25H25NO4/c1-16-22(25(29)30-15-14-17-6-3-2-4-7-17)23(18-10-12-19(27)13-11-18)24-20(26-16)8-5-9-21(24)28/h2-4,6-7,10-13,23,26-27H,5,8-9,14-15H2,1H3/t23-/m0/s1. The van der Waals surface area contributed by atoms with Crippen molar-refractivity contribution in [3.05, 3.63) is 88.3 Å². The van der Waals surface area contributed by atoms with Crippen LogP contribution in [0.3, 0.4) is 0 Å². The number of carbonyl (C=O) groups excluding carboxylic acids is 2. The lowest BCUT2D eigenvalue weighted by atomic mass is 9.75. The average molecular weight is 403 g/mol. The summed E-state index contributed by atoms with van der Waals surface area (Å²) in [7, 11) is 0. The third-order valence-electron chi connectivity index (χ3n) is 5.69. The number of phenols is 1. The van der Waals surface area contributed by atoms with Gasteiger partial charge in [0.1, 0.15) is 5.75 Å². The molecule has 154 valence electrons. The van der Waals surface area contributed by atoms with E-state index >= 15 is 0 Å². The number of rotatable bonds is 5. The first-order chi connectivity index (χ1) is 14.5. The Morgan fingerprint density at radius 1 is 1.10 bits per heavy atom. The van der Waals surface area contributed by atoms with Crippen LogP contribution in [0.4, 0.5) is 0 Å². The largest absolute Gasteiger partial charge is 0.508 e. The maximum absolute atomic E-state index is 13.1. The summed E-state index contributed by atoms with van der Waals surface area (Å²) < 4.78 is 5.63. The van der Waals surface area contributed by atoms with Crippen LogP contribution in [0.2, 0.25) is 0 Å². The number of ether oxygens (including phenoxy) is 1. The molecule has 0 fully saturated rings. The van der Waals surface area contributed by atoms with Crippen molar-refractivity contribution in [1.82, 2.24) is 5.32 Å². The number of dihydropyridines is 1. The van der Waals surface area contributed by atoms with Crippen molar-refractivity contribution in [2.75, 3.05) is 6.61 Å². The van der Waals surface area contributed by atoms with Gasteiger partial charge in [0.25, 0.3) is 0 Å². The van der Waals surface area contributed by atoms with Crippen molar-refractivity contribution in [2.45, 2.75) is 38.5 Å². The highest BCUT2D eigenvalue weighted by Crippen LogP contribution is 2.42. The highest BCUT2D eigenvalue weighted by atomic mass is 16.5. The van der Waals surface area contributed by atoms with Crippen molar-refractivity contribution in [1.29, 1.82) is 0 Å². The zero-order valence-corrected chi connectivity index (χ0v) is 17.0. The van der Waals surface area contributed by atoms with Crippen molar-refractivity contribution in [3.63, 3.8) is 0 Å². The van der Waals surface area contributed by atoms with Crippen LogP contribution < -0.4 is 5.32 Å². The number of benzene rings is 2. The van der Waals surface area contributed by atoms with Gasteiger partial charge in [-0.15, -0.1) is 0 Å². The SMILES string of the molecule is CC1=C(C(=O)OCCc2ccccc2)[C@H](c2ccc(O)cc2)C2=C(CCCC2=O)N1. The molecule has 2 aliphatic rings. The van der Waals surface area contributed by atoms with E-state index in [1.807, 2.05) is 37.3 Å². The number of hydrogen-bond donors (Lipinski definition) is 2. The minimum atomic E-state index is -0.487. The number of Topliss-reactive ketones (excluding diaryl/α,β-unsaturated/α-hetero) is 1. The fourth-order valence-electron chi connectivity index (χ4n) is 4.24. The number of carbonyl (C=O) groups is 2. The molecule has 1 aliphatic carbocycles. The van der Waals surface area contributed by atoms with Crippen molar-refractivity contribution in [3.8, 4) is 5.75 Å². The van der Waals surface area contributed by atoms with Gasteiger partial charge < -0.3 is 15.2 Å². The van der Waals surface area contributed by atoms with Crippen LogP contribution in [-0.4, -0.2) is 23.5 Å². The minimum Gasteiger partial charge on any atom is -0.508 e. The van der Waals surface area contributed by atoms with Gasteiger partial charge in [0.2, 0.25) is 0 Å². The number of ketones is 1. The molecule has 0 spiro atoms. The molecular formula is C25H25NO4. The van der Waals surface area contributed by atoms with E-state index < -0.39 is 11.9 Å². The first-order valence-electron chi connectivity index (χ1n) is 10.3. The van der Waals surface area contributed by atoms with Crippen molar-refractivity contribution < 1.29 is 19.4 Å². The Bertz CT molecular complexity index is 1020. The van der Waals surface area contributed by atoms with Crippen LogP contribution in [0.5, 0.6) is 5.75 Å². The van der Waals surface area contributed by atoms with E-state index in [1.54, 1.807) is 24.3 Å². The van der Waals surface area contributed by atoms with Gasteiger partial charge in [-0.1, -0.05) is 42.5 Å². The minimum absolute atomic E-state index is 0.0592. The molecule has 0 amide bonds. The van der Waals surface area contributed by atoms with Gasteiger partial charge >= 0.3 is 5.97 Å². The fraction of sp³-hybridized carbons (Fsp3) is 0.280. The smallest absolute Gasteiger partial charge is 0.336 e. The van der Waals surface area contributed by atoms with E-state index in [0.29, 0.717) is 29.7 Å². The molecule has 2 N–H and O–H groups in total. The van der Waals surface area contributed by atoms with Gasteiger partial charge in [-0.05, 0) is 43.0 Å². The maximum atomic E-state index is 13.1. The van der Waals surface area contributed by atoms with Crippen LogP contribution >= 0.6 is 0 Å². The molecule has 0 bridgehead atoms. The van der Waals surface area contributed by atoms with E-state index in [0.717, 1.165) is 29.7 Å². The number of esters is 1. The summed E-state index contributed by atoms with van der Waals surface area (Å²) in [6.45, 7) is 2.12. The predicted molar refractivity (Wildman–Crippen MR) is 114 cm³/mol. The van der Waals surface area contributed by atoms with Crippen LogP contribution in [0.1, 0.15) is 43.2 Å². The Morgan fingerprint density at radius 2 is 1.83 bits per heavy atom. The Kier molecular flexibility index (Phi) is 5.70. The summed E-state index contributed by atoms with van der Waals surface area (Å²) >= 11 is 0. The topological polar surface area (TPSA) is 75.6 Å². The van der Waals surface area contributed by atoms with E-state index in [9.17, 15) is 14.7 Å². The number of phenolic OH excluding ortho intramolecular Hbond substituents is 1. The number of aromatic hydroxyl groups is 1. The molecule has 0 unspecified atom stereocenters. The lowest BCUT2D eigenvalue weighted by Crippen LogP contribution is -2.34. The molecule has 30 heavy (non-hydrogen) atoms. The van der Waals surface area contributed by atoms with Crippen LogP contribution in [0.15, 0.2) is 77.1 Å². The molecular weight excluding hydrogens is 378 g/mol. The van der Waals surface area contributed by atoms with Gasteiger partial charge in [-0.2, -0.15) is 0 Å². The molecule has 2 aromatic carbocycles. The summed E-state index contributed by atoms with van der Waals surface area (Å²) in [6.07, 6.45) is 2.69. The first-order valence-corrected chi connectivity index (χ1v) is 10.3. The van der Waals surface area contributed by atoms with Crippen LogP contribution in [0, 0.1) is 0 Å². The Hall–Kier alpha value is -3.34. The van der Waals surface area contributed by atoms with E-state index in [4.69, 9.17) is 4.74 Å². The van der Waals surface area contributed by atoms with E-state index in [-0.39, 0.29) is 18.1 Å². The summed E-state index contributed by atoms with van der Waals surface area (Å²) in [5.74, 6) is -0.703. The Labute approximate surface area is 176 Å². The monoisotopic (exact) mass is 403 g/mol. The average Bonchev–Trinajstić information content (AvgIpc) is 2.74. The van der Waals surface area contributed by atoms with E-state index in [2.05, 4.69) is 5.32 Å². The second kappa shape index (κ2) is 8.57. The van der Waals surface area contributed by atoms with E-state index in [1.165, 1.54) is 0 Å². The van der Waals surface area contributed by atoms with Crippen molar-refractivity contribution in [2.24, 2.45) is 0 Å². The molecule has 1 atom stereocenters. The molecule has 1 aliphatic heterocycles. The molecule has 0 saturated heterocycles. The van der Waals surface area contributed by atoms with Gasteiger partial charge in [-0.25, -0.2) is 4.79 Å². The molecule has 0 saturated carbocycles. The first kappa shape index (κ1) is 20.0. The maximum Gasteiger partial charge on any atom is 0.336 e. The van der Waals surface area contributed by atoms with Crippen molar-refractivity contribution >= 4 is 11.8 Å². The molecule has 2 aromatic rings. The van der Waals surface area contributed by atoms with Crippen LogP contribution in [-0.2, 0) is 20.7 Å². The normalized spacial score (nSPS) is 18.7. The highest BCUT2D eigenvalue weighted by molar-refractivity contribution is 6.03. The predicted octanol–water partition coefficient (Wildman–Crippen LogP) is 4.15. The van der Waals surface area contributed by atoms with Gasteiger partial charge in [0.05, 0.1) is 12.2 Å². The molecule has 5 heteroatoms. The zero-order valence-electron chi connectivity index (χ0n) is 17.0. The lowest BCUT2D eigenvalue weighted by Gasteiger charge is -2.34. The molecule has 0 radical (unpaired) electrons. The summed E-state index contributed by atoms with van der Waals surface area (Å²) in [4.78, 5) is 26.0. The summed E-state index contributed by atoms with van der Waals surface area (Å²) in [5, 5.41) is 13.0. The molecule has 5 nitrogen and oxygen atoms in total. The second-order valence-electron chi connectivity index (χ2n) is 7.73. The van der Waals surface area contributed by atoms with Crippen LogP contribution in [0.25, 0.3) is 0 Å². The molecule has 0 aromatic heterocycles. The zero-order chi connectivity index (χ0) is 21.1. The summed E-state index contributed by atoms with van der Waals surface area (Å²) in [5.41, 5.74) is 4.61. The number of hydrogen-bond acceptors (Lipinski definition) is 5. The van der Waals surface area contributed by atoms with Gasteiger partial charge in [-0.3, -0.25) is 4.79 Å². The highest BCUT2D eigenvalue weighted by Gasteiger charge is 2.39. The quantitative estimate of drug-likeness (QED) is 0.734. The second-order valence-corrected chi connectivity index (χ2v) is 7.73. The number of allylic oxidation sites excluding steroid dienone is 3. The number of nitrogens with one attached hydrogen (secondary N) is 1. The lowest BCUT2D eigenvalue weighted by molar-refractivity contribution is -0.139.